The van der Waals surface area contributed by atoms with E-state index in [0.717, 1.165) is 17.7 Å². The maximum Gasteiger partial charge on any atom is 0.416 e. The number of esters is 1. The number of methoxy groups -OCH3 is 1. The number of hydrogen-bond donors (Lipinski definition) is 2. The van der Waals surface area contributed by atoms with Crippen LogP contribution in [0, 0.1) is 0 Å². The normalized spacial score (nSPS) is 12.2. The molecule has 138 valence electrons. The van der Waals surface area contributed by atoms with Crippen LogP contribution in [0.5, 0.6) is 0 Å². The van der Waals surface area contributed by atoms with Crippen LogP contribution in [0.25, 0.3) is 0 Å². The van der Waals surface area contributed by atoms with Crippen LogP contribution in [0.1, 0.15) is 11.1 Å². The number of hydrogen-bond acceptors (Lipinski definition) is 3. The number of amides is 2. The third-order valence-electron chi connectivity index (χ3n) is 3.52. The van der Waals surface area contributed by atoms with Gasteiger partial charge in [-0.15, -0.1) is 0 Å². The molecule has 0 bridgehead atoms. The van der Waals surface area contributed by atoms with Crippen LogP contribution >= 0.6 is 0 Å². The lowest BCUT2D eigenvalue weighted by molar-refractivity contribution is -0.142. The van der Waals surface area contributed by atoms with Gasteiger partial charge in [-0.25, -0.2) is 9.59 Å². The van der Waals surface area contributed by atoms with Crippen molar-refractivity contribution in [2.24, 2.45) is 0 Å². The van der Waals surface area contributed by atoms with Crippen molar-refractivity contribution >= 4 is 17.7 Å². The number of alkyl halides is 3. The van der Waals surface area contributed by atoms with Crippen molar-refractivity contribution in [3.8, 4) is 0 Å². The number of benzene rings is 2. The fourth-order valence-electron chi connectivity index (χ4n) is 2.28. The van der Waals surface area contributed by atoms with Crippen LogP contribution in [-0.2, 0) is 22.1 Å². The molecule has 8 heteroatoms. The van der Waals surface area contributed by atoms with Gasteiger partial charge in [0.1, 0.15) is 6.04 Å². The first-order valence-electron chi connectivity index (χ1n) is 7.66. The summed E-state index contributed by atoms with van der Waals surface area (Å²) >= 11 is 0. The zero-order chi connectivity index (χ0) is 19.2. The molecule has 2 amide bonds. The molecular weight excluding hydrogens is 349 g/mol. The van der Waals surface area contributed by atoms with Gasteiger partial charge in [0.2, 0.25) is 0 Å². The Labute approximate surface area is 148 Å². The fourth-order valence-corrected chi connectivity index (χ4v) is 2.28. The third kappa shape index (κ3) is 5.51. The molecule has 0 saturated carbocycles. The summed E-state index contributed by atoms with van der Waals surface area (Å²) in [6, 6.07) is 11.4. The molecule has 2 aromatic rings. The average molecular weight is 366 g/mol. The minimum Gasteiger partial charge on any atom is -0.467 e. The van der Waals surface area contributed by atoms with Crippen molar-refractivity contribution < 1.29 is 27.5 Å². The maximum atomic E-state index is 12.7. The number of rotatable bonds is 5. The summed E-state index contributed by atoms with van der Waals surface area (Å²) < 4.78 is 42.8. The Balaban J connectivity index is 2.06. The molecule has 0 radical (unpaired) electrons. The van der Waals surface area contributed by atoms with Crippen molar-refractivity contribution in [3.63, 3.8) is 0 Å². The number of anilines is 1. The van der Waals surface area contributed by atoms with Gasteiger partial charge >= 0.3 is 18.2 Å². The summed E-state index contributed by atoms with van der Waals surface area (Å²) in [6.07, 6.45) is -4.33. The van der Waals surface area contributed by atoms with E-state index < -0.39 is 29.8 Å². The largest absolute Gasteiger partial charge is 0.467 e. The Bertz CT molecular complexity index is 764. The predicted octanol–water partition coefficient (Wildman–Crippen LogP) is 3.61. The minimum atomic E-state index is -4.52. The molecule has 2 rings (SSSR count). The topological polar surface area (TPSA) is 67.4 Å². The lowest BCUT2D eigenvalue weighted by Gasteiger charge is -2.17. The monoisotopic (exact) mass is 366 g/mol. The molecule has 0 spiro atoms. The van der Waals surface area contributed by atoms with Crippen LogP contribution in [0.3, 0.4) is 0 Å². The Morgan fingerprint density at radius 3 is 2.38 bits per heavy atom. The number of carbonyl (C=O) groups is 2. The van der Waals surface area contributed by atoms with E-state index in [2.05, 4.69) is 15.4 Å². The quantitative estimate of drug-likeness (QED) is 0.795. The first kappa shape index (κ1) is 19.3. The van der Waals surface area contributed by atoms with Crippen molar-refractivity contribution in [1.82, 2.24) is 5.32 Å². The fraction of sp³-hybridized carbons (Fsp3) is 0.222. The van der Waals surface area contributed by atoms with Gasteiger partial charge in [0.15, 0.2) is 0 Å². The molecule has 0 aromatic heterocycles. The maximum absolute atomic E-state index is 12.7. The minimum absolute atomic E-state index is 0.0411. The van der Waals surface area contributed by atoms with E-state index in [1.165, 1.54) is 19.2 Å². The van der Waals surface area contributed by atoms with Crippen LogP contribution < -0.4 is 10.6 Å². The molecule has 1 atom stereocenters. The van der Waals surface area contributed by atoms with E-state index in [-0.39, 0.29) is 12.1 Å². The van der Waals surface area contributed by atoms with Gasteiger partial charge in [0, 0.05) is 12.1 Å². The Morgan fingerprint density at radius 1 is 1.08 bits per heavy atom. The van der Waals surface area contributed by atoms with Crippen LogP contribution in [0.2, 0.25) is 0 Å². The van der Waals surface area contributed by atoms with Gasteiger partial charge in [0.05, 0.1) is 12.7 Å². The predicted molar refractivity (Wildman–Crippen MR) is 89.5 cm³/mol. The van der Waals surface area contributed by atoms with Crippen LogP contribution in [0.15, 0.2) is 54.6 Å². The first-order valence-corrected chi connectivity index (χ1v) is 7.66. The molecule has 2 aromatic carbocycles. The summed E-state index contributed by atoms with van der Waals surface area (Å²) in [5.41, 5.74) is -0.132. The van der Waals surface area contributed by atoms with Crippen LogP contribution in [-0.4, -0.2) is 25.2 Å². The summed E-state index contributed by atoms with van der Waals surface area (Å²) in [5, 5.41) is 4.71. The summed E-state index contributed by atoms with van der Waals surface area (Å²) in [5.74, 6) is -0.659. The molecule has 0 aliphatic carbocycles. The van der Waals surface area contributed by atoms with E-state index in [1.807, 2.05) is 6.07 Å². The van der Waals surface area contributed by atoms with Crippen LogP contribution in [0.4, 0.5) is 23.7 Å². The Morgan fingerprint density at radius 2 is 1.77 bits per heavy atom. The summed E-state index contributed by atoms with van der Waals surface area (Å²) in [7, 11) is 1.19. The molecule has 0 heterocycles. The lowest BCUT2D eigenvalue weighted by Crippen LogP contribution is -2.45. The average Bonchev–Trinajstić information content (AvgIpc) is 2.61. The van der Waals surface area contributed by atoms with E-state index in [4.69, 9.17) is 0 Å². The molecule has 0 saturated heterocycles. The molecule has 1 unspecified atom stereocenters. The standard InChI is InChI=1S/C18H17F3N2O3/c1-26-16(24)15(10-12-6-3-2-4-7-12)23-17(25)22-14-9-5-8-13(11-14)18(19,20)21/h2-9,11,15H,10H2,1H3,(H2,22,23,25). The van der Waals surface area contributed by atoms with E-state index >= 15 is 0 Å². The highest BCUT2D eigenvalue weighted by molar-refractivity contribution is 5.92. The van der Waals surface area contributed by atoms with Crippen molar-refractivity contribution in [1.29, 1.82) is 0 Å². The molecule has 0 aliphatic rings. The number of urea groups is 1. The molecule has 0 fully saturated rings. The Hall–Kier alpha value is -3.03. The third-order valence-corrected chi connectivity index (χ3v) is 3.52. The second kappa shape index (κ2) is 8.37. The highest BCUT2D eigenvalue weighted by Crippen LogP contribution is 2.30. The Kier molecular flexibility index (Phi) is 6.21. The van der Waals surface area contributed by atoms with Gasteiger partial charge in [-0.1, -0.05) is 36.4 Å². The van der Waals surface area contributed by atoms with Gasteiger partial charge in [0.25, 0.3) is 0 Å². The smallest absolute Gasteiger partial charge is 0.416 e. The SMILES string of the molecule is COC(=O)C(Cc1ccccc1)NC(=O)Nc1cccc(C(F)(F)F)c1. The molecule has 2 N–H and O–H groups in total. The number of carbonyl (C=O) groups excluding carboxylic acids is 2. The van der Waals surface area contributed by atoms with E-state index in [1.54, 1.807) is 24.3 Å². The molecule has 0 aliphatic heterocycles. The molecule has 26 heavy (non-hydrogen) atoms. The molecular formula is C18H17F3N2O3. The second-order valence-electron chi connectivity index (χ2n) is 5.44. The zero-order valence-electron chi connectivity index (χ0n) is 13.8. The van der Waals surface area contributed by atoms with Gasteiger partial charge in [-0.05, 0) is 23.8 Å². The second-order valence-corrected chi connectivity index (χ2v) is 5.44. The van der Waals surface area contributed by atoms with E-state index in [0.29, 0.717) is 0 Å². The van der Waals surface area contributed by atoms with Gasteiger partial charge in [-0.3, -0.25) is 0 Å². The summed E-state index contributed by atoms with van der Waals surface area (Å²) in [4.78, 5) is 24.0. The van der Waals surface area contributed by atoms with Crippen molar-refractivity contribution in [3.05, 3.63) is 65.7 Å². The highest BCUT2D eigenvalue weighted by atomic mass is 19.4. The van der Waals surface area contributed by atoms with E-state index in [9.17, 15) is 22.8 Å². The number of halogens is 3. The highest BCUT2D eigenvalue weighted by Gasteiger charge is 2.30. The van der Waals surface area contributed by atoms with Gasteiger partial charge < -0.3 is 15.4 Å². The number of ether oxygens (including phenoxy) is 1. The lowest BCUT2D eigenvalue weighted by atomic mass is 10.1. The van der Waals surface area contributed by atoms with Crippen molar-refractivity contribution in [2.75, 3.05) is 12.4 Å². The number of nitrogens with one attached hydrogen (secondary N) is 2. The summed E-state index contributed by atoms with van der Waals surface area (Å²) in [6.45, 7) is 0. The first-order chi connectivity index (χ1) is 12.3. The molecule has 5 nitrogen and oxygen atoms in total. The van der Waals surface area contributed by atoms with Gasteiger partial charge in [-0.2, -0.15) is 13.2 Å². The van der Waals surface area contributed by atoms with Crippen molar-refractivity contribution in [2.45, 2.75) is 18.6 Å². The zero-order valence-corrected chi connectivity index (χ0v) is 13.8.